The number of anilines is 1. The summed E-state index contributed by atoms with van der Waals surface area (Å²) in [5.74, 6) is -1.20. The van der Waals surface area contributed by atoms with E-state index in [1.54, 1.807) is 0 Å². The molecule has 2 atom stereocenters. The average Bonchev–Trinajstić information content (AvgIpc) is 3.31. The van der Waals surface area contributed by atoms with E-state index in [1.165, 1.54) is 29.3 Å². The zero-order chi connectivity index (χ0) is 25.7. The second-order valence-electron chi connectivity index (χ2n) is 8.67. The molecule has 4 rings (SSSR count). The number of aromatic amines is 1. The minimum absolute atomic E-state index is 0.124. The van der Waals surface area contributed by atoms with E-state index in [2.05, 4.69) is 15.5 Å². The molecule has 192 valence electrons. The standard InChI is InChI=1S/C25H27ClF2N4O4/c1-2-3-8-35-25(34)32-7-5-4-6-21(32)23(15-9-17(26)12-18(27)10-15)36-24(33)30-19-11-16-14-29-31-22(16)20(28)13-19/h9-14,21,23H,2-8H2,1H3,(H,29,31)(H,30,33)/t21-,23-/m0/s1. The number of nitrogens with zero attached hydrogens (tertiary/aromatic N) is 2. The lowest BCUT2D eigenvalue weighted by Crippen LogP contribution is -2.48. The van der Waals surface area contributed by atoms with E-state index in [0.29, 0.717) is 23.9 Å². The topological polar surface area (TPSA) is 96.5 Å². The maximum absolute atomic E-state index is 14.3. The highest BCUT2D eigenvalue weighted by molar-refractivity contribution is 6.30. The van der Waals surface area contributed by atoms with Gasteiger partial charge in [0.05, 0.1) is 18.8 Å². The Kier molecular flexibility index (Phi) is 8.25. The maximum Gasteiger partial charge on any atom is 0.412 e. The van der Waals surface area contributed by atoms with Crippen LogP contribution < -0.4 is 5.32 Å². The molecule has 0 radical (unpaired) electrons. The zero-order valence-corrected chi connectivity index (χ0v) is 20.5. The molecule has 0 unspecified atom stereocenters. The third-order valence-corrected chi connectivity index (χ3v) is 6.27. The van der Waals surface area contributed by atoms with Gasteiger partial charge >= 0.3 is 12.2 Å². The van der Waals surface area contributed by atoms with Crippen LogP contribution in [-0.4, -0.2) is 46.5 Å². The molecule has 3 aromatic rings. The first-order valence-corrected chi connectivity index (χ1v) is 12.2. The van der Waals surface area contributed by atoms with Crippen LogP contribution in [0.5, 0.6) is 0 Å². The molecule has 1 aliphatic heterocycles. The normalized spacial score (nSPS) is 16.6. The van der Waals surface area contributed by atoms with Crippen molar-refractivity contribution >= 4 is 40.4 Å². The minimum atomic E-state index is -1.04. The van der Waals surface area contributed by atoms with Gasteiger partial charge in [-0.1, -0.05) is 24.9 Å². The third-order valence-electron chi connectivity index (χ3n) is 6.05. The number of aromatic nitrogens is 2. The maximum atomic E-state index is 14.3. The zero-order valence-electron chi connectivity index (χ0n) is 19.7. The first-order valence-electron chi connectivity index (χ1n) is 11.9. The number of hydrogen-bond acceptors (Lipinski definition) is 5. The van der Waals surface area contributed by atoms with Crippen molar-refractivity contribution in [2.75, 3.05) is 18.5 Å². The number of H-pyrrole nitrogens is 1. The van der Waals surface area contributed by atoms with Crippen LogP contribution in [0.4, 0.5) is 24.1 Å². The van der Waals surface area contributed by atoms with Crippen molar-refractivity contribution in [3.63, 3.8) is 0 Å². The molecule has 1 fully saturated rings. The number of likely N-dealkylation sites (tertiary alicyclic amines) is 1. The molecule has 2 aromatic carbocycles. The highest BCUT2D eigenvalue weighted by Gasteiger charge is 2.37. The molecule has 1 aliphatic rings. The number of unbranched alkanes of at least 4 members (excludes halogenated alkanes) is 1. The number of carbonyl (C=O) groups excluding carboxylic acids is 2. The fourth-order valence-electron chi connectivity index (χ4n) is 4.34. The number of piperidine rings is 1. The molecule has 1 saturated heterocycles. The monoisotopic (exact) mass is 520 g/mol. The van der Waals surface area contributed by atoms with Crippen LogP contribution >= 0.6 is 11.6 Å². The summed E-state index contributed by atoms with van der Waals surface area (Å²) >= 11 is 6.09. The molecule has 0 saturated carbocycles. The summed E-state index contributed by atoms with van der Waals surface area (Å²) in [5, 5.41) is 9.44. The summed E-state index contributed by atoms with van der Waals surface area (Å²) in [7, 11) is 0. The Morgan fingerprint density at radius 3 is 2.86 bits per heavy atom. The van der Waals surface area contributed by atoms with E-state index in [9.17, 15) is 18.4 Å². The summed E-state index contributed by atoms with van der Waals surface area (Å²) in [6.07, 6.45) is 2.60. The van der Waals surface area contributed by atoms with E-state index >= 15 is 0 Å². The van der Waals surface area contributed by atoms with Crippen molar-refractivity contribution in [2.24, 2.45) is 0 Å². The van der Waals surface area contributed by atoms with Gasteiger partial charge in [0, 0.05) is 22.6 Å². The number of ether oxygens (including phenoxy) is 2. The Labute approximate surface area is 211 Å². The van der Waals surface area contributed by atoms with Crippen LogP contribution in [0.2, 0.25) is 5.02 Å². The van der Waals surface area contributed by atoms with E-state index in [4.69, 9.17) is 21.1 Å². The number of carbonyl (C=O) groups is 2. The summed E-state index contributed by atoms with van der Waals surface area (Å²) in [6, 6.07) is 5.92. The van der Waals surface area contributed by atoms with Crippen LogP contribution in [0.15, 0.2) is 36.5 Å². The molecule has 1 aromatic heterocycles. The summed E-state index contributed by atoms with van der Waals surface area (Å²) < 4.78 is 39.8. The fourth-order valence-corrected chi connectivity index (χ4v) is 4.57. The summed E-state index contributed by atoms with van der Waals surface area (Å²) in [4.78, 5) is 27.3. The molecule has 8 nitrogen and oxygen atoms in total. The molecule has 2 N–H and O–H groups in total. The predicted octanol–water partition coefficient (Wildman–Crippen LogP) is 6.58. The molecular weight excluding hydrogens is 494 g/mol. The molecule has 36 heavy (non-hydrogen) atoms. The Morgan fingerprint density at radius 2 is 2.08 bits per heavy atom. The molecule has 0 bridgehead atoms. The molecular formula is C25H27ClF2N4O4. The van der Waals surface area contributed by atoms with Crippen LogP contribution in [0.1, 0.15) is 50.7 Å². The van der Waals surface area contributed by atoms with Gasteiger partial charge in [-0.05, 0) is 61.6 Å². The van der Waals surface area contributed by atoms with Gasteiger partial charge in [0.2, 0.25) is 0 Å². The summed E-state index contributed by atoms with van der Waals surface area (Å²) in [6.45, 7) is 2.67. The van der Waals surface area contributed by atoms with Gasteiger partial charge in [0.15, 0.2) is 5.82 Å². The van der Waals surface area contributed by atoms with E-state index in [0.717, 1.165) is 37.8 Å². The van der Waals surface area contributed by atoms with Crippen LogP contribution in [-0.2, 0) is 9.47 Å². The smallest absolute Gasteiger partial charge is 0.412 e. The fraction of sp³-hybridized carbons (Fsp3) is 0.400. The van der Waals surface area contributed by atoms with Gasteiger partial charge in [-0.3, -0.25) is 10.4 Å². The largest absolute Gasteiger partial charge is 0.449 e. The van der Waals surface area contributed by atoms with Crippen molar-refractivity contribution in [2.45, 2.75) is 51.2 Å². The molecule has 0 aliphatic carbocycles. The number of hydrogen-bond donors (Lipinski definition) is 2. The number of benzene rings is 2. The number of nitrogens with one attached hydrogen (secondary N) is 2. The number of halogens is 3. The third kappa shape index (κ3) is 6.04. The highest BCUT2D eigenvalue weighted by Crippen LogP contribution is 2.34. The lowest BCUT2D eigenvalue weighted by Gasteiger charge is -2.39. The van der Waals surface area contributed by atoms with Gasteiger partial charge in [-0.2, -0.15) is 5.10 Å². The SMILES string of the molecule is CCCCOC(=O)N1CCCC[C@H]1[C@@H](OC(=O)Nc1cc(F)c2[nH]ncc2c1)c1cc(F)cc(Cl)c1. The van der Waals surface area contributed by atoms with E-state index in [1.807, 2.05) is 6.92 Å². The lowest BCUT2D eigenvalue weighted by atomic mass is 9.93. The average molecular weight is 521 g/mol. The first-order chi connectivity index (χ1) is 17.4. The van der Waals surface area contributed by atoms with Crippen molar-refractivity contribution in [3.8, 4) is 0 Å². The number of amides is 2. The van der Waals surface area contributed by atoms with Gasteiger partial charge in [-0.25, -0.2) is 18.4 Å². The Hall–Kier alpha value is -3.40. The first kappa shape index (κ1) is 25.7. The number of fused-ring (bicyclic) bond motifs is 1. The van der Waals surface area contributed by atoms with E-state index in [-0.39, 0.29) is 22.8 Å². The minimum Gasteiger partial charge on any atom is -0.449 e. The second-order valence-corrected chi connectivity index (χ2v) is 9.11. The van der Waals surface area contributed by atoms with Gasteiger partial charge in [0.25, 0.3) is 0 Å². The molecule has 11 heteroatoms. The lowest BCUT2D eigenvalue weighted by molar-refractivity contribution is 0.00764. The summed E-state index contributed by atoms with van der Waals surface area (Å²) in [5.41, 5.74) is 0.660. The Balaban J connectivity index is 1.60. The van der Waals surface area contributed by atoms with Crippen molar-refractivity contribution in [3.05, 3.63) is 58.7 Å². The molecule has 2 amide bonds. The predicted molar refractivity (Wildman–Crippen MR) is 131 cm³/mol. The second kappa shape index (κ2) is 11.6. The van der Waals surface area contributed by atoms with Crippen molar-refractivity contribution < 1.29 is 27.8 Å². The van der Waals surface area contributed by atoms with Gasteiger partial charge < -0.3 is 14.4 Å². The highest BCUT2D eigenvalue weighted by atomic mass is 35.5. The number of rotatable bonds is 7. The quantitative estimate of drug-likeness (QED) is 0.343. The van der Waals surface area contributed by atoms with Crippen LogP contribution in [0.25, 0.3) is 10.9 Å². The van der Waals surface area contributed by atoms with Crippen LogP contribution in [0, 0.1) is 11.6 Å². The van der Waals surface area contributed by atoms with Crippen LogP contribution in [0.3, 0.4) is 0 Å². The van der Waals surface area contributed by atoms with Gasteiger partial charge in [0.1, 0.15) is 17.4 Å². The van der Waals surface area contributed by atoms with Crippen molar-refractivity contribution in [1.82, 2.24) is 15.1 Å². The van der Waals surface area contributed by atoms with E-state index < -0.39 is 36.0 Å². The Morgan fingerprint density at radius 1 is 1.25 bits per heavy atom. The van der Waals surface area contributed by atoms with Gasteiger partial charge in [-0.15, -0.1) is 0 Å². The molecule has 0 spiro atoms. The van der Waals surface area contributed by atoms with Crippen molar-refractivity contribution in [1.29, 1.82) is 0 Å². The molecule has 2 heterocycles. The Bertz CT molecular complexity index is 1220.